The Morgan fingerprint density at radius 3 is 2.71 bits per heavy atom. The summed E-state index contributed by atoms with van der Waals surface area (Å²) >= 11 is 0. The topological polar surface area (TPSA) is 80.0 Å². The second kappa shape index (κ2) is 8.66. The van der Waals surface area contributed by atoms with Crippen molar-refractivity contribution < 1.29 is 23.1 Å². The van der Waals surface area contributed by atoms with Crippen LogP contribution in [0.5, 0.6) is 0 Å². The number of anilines is 1. The zero-order chi connectivity index (χ0) is 22.0. The second-order valence-corrected chi connectivity index (χ2v) is 7.88. The normalized spacial score (nSPS) is 19.5. The molecule has 1 aliphatic rings. The molecule has 0 unspecified atom stereocenters. The van der Waals surface area contributed by atoms with Crippen LogP contribution >= 0.6 is 0 Å². The molecule has 6 nitrogen and oxygen atoms in total. The molecule has 3 aromatic rings. The first-order valence-electron chi connectivity index (χ1n) is 10.3. The number of aliphatic hydroxyl groups is 1. The maximum absolute atomic E-state index is 12.5. The van der Waals surface area contributed by atoms with Gasteiger partial charge in [-0.2, -0.15) is 18.2 Å². The first-order chi connectivity index (χ1) is 14.8. The summed E-state index contributed by atoms with van der Waals surface area (Å²) in [5.74, 6) is 0.139. The molecule has 164 valence electrons. The summed E-state index contributed by atoms with van der Waals surface area (Å²) in [6, 6.07) is 7.31. The van der Waals surface area contributed by atoms with Crippen LogP contribution in [0, 0.1) is 0 Å². The Morgan fingerprint density at radius 2 is 2.00 bits per heavy atom. The number of hydrogen-bond acceptors (Lipinski definition) is 5. The van der Waals surface area contributed by atoms with Crippen LogP contribution in [0.4, 0.5) is 19.1 Å². The van der Waals surface area contributed by atoms with Crippen molar-refractivity contribution in [3.8, 4) is 11.1 Å². The maximum atomic E-state index is 12.5. The van der Waals surface area contributed by atoms with Gasteiger partial charge < -0.3 is 15.0 Å². The van der Waals surface area contributed by atoms with Gasteiger partial charge in [-0.25, -0.2) is 4.98 Å². The molecule has 0 amide bonds. The molecule has 1 aliphatic carbocycles. The third-order valence-corrected chi connectivity index (χ3v) is 5.66. The molecule has 0 aliphatic heterocycles. The summed E-state index contributed by atoms with van der Waals surface area (Å²) in [6.45, 7) is -0.306. The van der Waals surface area contributed by atoms with Crippen LogP contribution in [0.25, 0.3) is 22.2 Å². The van der Waals surface area contributed by atoms with Crippen LogP contribution < -0.4 is 5.32 Å². The summed E-state index contributed by atoms with van der Waals surface area (Å²) in [5.41, 5.74) is 2.86. The summed E-state index contributed by atoms with van der Waals surface area (Å²) in [7, 11) is 0. The van der Waals surface area contributed by atoms with Gasteiger partial charge in [0, 0.05) is 41.5 Å². The van der Waals surface area contributed by atoms with E-state index in [1.54, 1.807) is 24.4 Å². The third kappa shape index (κ3) is 4.87. The van der Waals surface area contributed by atoms with Gasteiger partial charge >= 0.3 is 6.18 Å². The zero-order valence-corrected chi connectivity index (χ0v) is 16.8. The number of nitrogens with zero attached hydrogens (tertiary/aromatic N) is 3. The minimum atomic E-state index is -4.25. The summed E-state index contributed by atoms with van der Waals surface area (Å²) in [5, 5.41) is 13.3. The average molecular weight is 432 g/mol. The molecule has 4 rings (SSSR count). The van der Waals surface area contributed by atoms with Crippen LogP contribution in [0.2, 0.25) is 0 Å². The molecular weight excluding hydrogens is 409 g/mol. The minimum Gasteiger partial charge on any atom is -0.393 e. The number of carbonyl (C=O) groups excluding carboxylic acids is 1. The Kier molecular flexibility index (Phi) is 5.95. The lowest BCUT2D eigenvalue weighted by Crippen LogP contribution is -2.21. The number of halogens is 3. The molecule has 2 aromatic heterocycles. The number of nitrogens with one attached hydrogen (secondary N) is 1. The van der Waals surface area contributed by atoms with E-state index in [2.05, 4.69) is 15.3 Å². The first kappa shape index (κ1) is 21.3. The van der Waals surface area contributed by atoms with Gasteiger partial charge in [-0.15, -0.1) is 0 Å². The molecule has 2 N–H and O–H groups in total. The van der Waals surface area contributed by atoms with Crippen molar-refractivity contribution in [1.82, 2.24) is 14.5 Å². The molecule has 0 radical (unpaired) electrons. The van der Waals surface area contributed by atoms with E-state index in [1.807, 2.05) is 16.8 Å². The Morgan fingerprint density at radius 1 is 1.23 bits per heavy atom. The highest BCUT2D eigenvalue weighted by molar-refractivity contribution is 5.95. The Balaban J connectivity index is 1.73. The highest BCUT2D eigenvalue weighted by Gasteiger charge is 2.27. The lowest BCUT2D eigenvalue weighted by atomic mass is 9.93. The quantitative estimate of drug-likeness (QED) is 0.550. The average Bonchev–Trinajstić information content (AvgIpc) is 3.12. The number of carbonyl (C=O) groups is 1. The number of hydrogen-bond donors (Lipinski definition) is 2. The molecule has 1 fully saturated rings. The fourth-order valence-corrected chi connectivity index (χ4v) is 4.05. The van der Waals surface area contributed by atoms with Gasteiger partial charge in [-0.1, -0.05) is 18.2 Å². The van der Waals surface area contributed by atoms with Crippen molar-refractivity contribution in [3.63, 3.8) is 0 Å². The van der Waals surface area contributed by atoms with Gasteiger partial charge in [-0.05, 0) is 37.3 Å². The predicted octanol–water partition coefficient (Wildman–Crippen LogP) is 4.75. The summed E-state index contributed by atoms with van der Waals surface area (Å²) in [4.78, 5) is 19.9. The van der Waals surface area contributed by atoms with E-state index in [9.17, 15) is 23.1 Å². The molecular formula is C22H23F3N4O2. The number of rotatable bonds is 6. The van der Waals surface area contributed by atoms with E-state index < -0.39 is 12.6 Å². The van der Waals surface area contributed by atoms with E-state index in [0.717, 1.165) is 35.6 Å². The minimum absolute atomic E-state index is 0.117. The first-order valence-corrected chi connectivity index (χ1v) is 10.3. The molecule has 2 heterocycles. The molecule has 0 bridgehead atoms. The van der Waals surface area contributed by atoms with Crippen molar-refractivity contribution in [1.29, 1.82) is 0 Å². The monoisotopic (exact) mass is 432 g/mol. The fraction of sp³-hybridized carbons (Fsp3) is 0.409. The van der Waals surface area contributed by atoms with Gasteiger partial charge in [0.05, 0.1) is 12.5 Å². The molecule has 0 saturated heterocycles. The molecule has 9 heteroatoms. The van der Waals surface area contributed by atoms with E-state index in [0.29, 0.717) is 24.1 Å². The van der Waals surface area contributed by atoms with Crippen LogP contribution in [0.15, 0.2) is 36.7 Å². The smallest absolute Gasteiger partial charge is 0.390 e. The van der Waals surface area contributed by atoms with Crippen molar-refractivity contribution in [2.24, 2.45) is 0 Å². The summed E-state index contributed by atoms with van der Waals surface area (Å²) < 4.78 is 39.4. The number of aldehydes is 1. The van der Waals surface area contributed by atoms with Crippen molar-refractivity contribution in [3.05, 3.63) is 42.2 Å². The summed E-state index contributed by atoms with van der Waals surface area (Å²) in [6.07, 6.45) is 1.74. The van der Waals surface area contributed by atoms with E-state index in [-0.39, 0.29) is 24.6 Å². The highest BCUT2D eigenvalue weighted by Crippen LogP contribution is 2.36. The molecule has 0 spiro atoms. The van der Waals surface area contributed by atoms with Crippen molar-refractivity contribution in [2.45, 2.75) is 50.4 Å². The lowest BCUT2D eigenvalue weighted by molar-refractivity contribution is -0.131. The van der Waals surface area contributed by atoms with Crippen LogP contribution in [-0.4, -0.2) is 44.8 Å². The Bertz CT molecular complexity index is 1070. The number of aromatic nitrogens is 3. The van der Waals surface area contributed by atoms with E-state index in [4.69, 9.17) is 0 Å². The fourth-order valence-electron chi connectivity index (χ4n) is 4.05. The highest BCUT2D eigenvalue weighted by atomic mass is 19.4. The molecule has 1 saturated carbocycles. The van der Waals surface area contributed by atoms with Gasteiger partial charge in [0.15, 0.2) is 0 Å². The molecule has 31 heavy (non-hydrogen) atoms. The maximum Gasteiger partial charge on any atom is 0.390 e. The van der Waals surface area contributed by atoms with Crippen molar-refractivity contribution in [2.75, 3.05) is 11.9 Å². The van der Waals surface area contributed by atoms with Gasteiger partial charge in [0.1, 0.15) is 11.9 Å². The third-order valence-electron chi connectivity index (χ3n) is 5.66. The standard InChI is InChI=1S/C22H23F3N4O2/c23-22(24,25)8-9-26-21-27-11-18-19(15-3-1-2-14(10-15)13-30)12-29(20(18)28-21)16-4-6-17(31)7-5-16/h1-3,10-13,16-17,31H,4-9H2,(H,26,27,28). The second-order valence-electron chi connectivity index (χ2n) is 7.88. The lowest BCUT2D eigenvalue weighted by Gasteiger charge is -2.27. The van der Waals surface area contributed by atoms with E-state index >= 15 is 0 Å². The Hall–Kier alpha value is -2.94. The van der Waals surface area contributed by atoms with Gasteiger partial charge in [-0.3, -0.25) is 4.79 Å². The predicted molar refractivity (Wildman–Crippen MR) is 111 cm³/mol. The van der Waals surface area contributed by atoms with Gasteiger partial charge in [0.25, 0.3) is 0 Å². The zero-order valence-electron chi connectivity index (χ0n) is 16.8. The van der Waals surface area contributed by atoms with Crippen LogP contribution in [0.1, 0.15) is 48.5 Å². The van der Waals surface area contributed by atoms with Crippen LogP contribution in [0.3, 0.4) is 0 Å². The van der Waals surface area contributed by atoms with Gasteiger partial charge in [0.2, 0.25) is 5.95 Å². The van der Waals surface area contributed by atoms with E-state index in [1.165, 1.54) is 0 Å². The molecule has 1 aromatic carbocycles. The SMILES string of the molecule is O=Cc1cccc(-c2cn(C3CCC(O)CC3)c3nc(NCCC(F)(F)F)ncc23)c1. The molecule has 0 atom stereocenters. The Labute approximate surface area is 177 Å². The largest absolute Gasteiger partial charge is 0.393 e. The van der Waals surface area contributed by atoms with Crippen molar-refractivity contribution >= 4 is 23.3 Å². The number of benzene rings is 1. The number of fused-ring (bicyclic) bond motifs is 1. The van der Waals surface area contributed by atoms with Crippen LogP contribution in [-0.2, 0) is 0 Å². The number of aliphatic hydroxyl groups excluding tert-OH is 1. The number of alkyl halides is 3.